The van der Waals surface area contributed by atoms with Gasteiger partial charge in [0.25, 0.3) is 0 Å². The van der Waals surface area contributed by atoms with Gasteiger partial charge >= 0.3 is 0 Å². The number of ether oxygens (including phenoxy) is 1. The molecule has 1 aliphatic rings. The van der Waals surface area contributed by atoms with Crippen LogP contribution in [0.1, 0.15) is 24.1 Å². The van der Waals surface area contributed by atoms with Crippen LogP contribution in [0, 0.1) is 0 Å². The number of rotatable bonds is 7. The van der Waals surface area contributed by atoms with Crippen LogP contribution in [0.4, 0.5) is 0 Å². The van der Waals surface area contributed by atoms with Crippen LogP contribution in [0.15, 0.2) is 47.1 Å². The highest BCUT2D eigenvalue weighted by atomic mass is 79.9. The van der Waals surface area contributed by atoms with Gasteiger partial charge in [-0.3, -0.25) is 4.98 Å². The second-order valence-electron chi connectivity index (χ2n) is 5.33. The summed E-state index contributed by atoms with van der Waals surface area (Å²) in [6.07, 6.45) is 5.24. The number of nitrogens with zero attached hydrogens (tertiary/aromatic N) is 1. The molecular weight excluding hydrogens is 328 g/mol. The van der Waals surface area contributed by atoms with E-state index in [0.29, 0.717) is 12.6 Å². The Hall–Kier alpha value is -1.39. The molecule has 1 fully saturated rings. The van der Waals surface area contributed by atoms with E-state index in [1.165, 1.54) is 18.4 Å². The molecule has 0 amide bonds. The number of benzene rings is 1. The highest BCUT2D eigenvalue weighted by Gasteiger charge is 2.20. The second-order valence-corrected chi connectivity index (χ2v) is 6.24. The van der Waals surface area contributed by atoms with Crippen LogP contribution in [0.3, 0.4) is 0 Å². The first-order chi connectivity index (χ1) is 10.3. The number of aromatic nitrogens is 1. The minimum Gasteiger partial charge on any atom is -0.493 e. The quantitative estimate of drug-likeness (QED) is 0.829. The maximum absolute atomic E-state index is 5.95. The van der Waals surface area contributed by atoms with Gasteiger partial charge in [-0.15, -0.1) is 0 Å². The molecule has 1 aliphatic carbocycles. The lowest BCUT2D eigenvalue weighted by Crippen LogP contribution is -2.16. The normalized spacial score (nSPS) is 14.1. The Morgan fingerprint density at radius 3 is 2.90 bits per heavy atom. The molecule has 21 heavy (non-hydrogen) atoms. The Morgan fingerprint density at radius 2 is 2.14 bits per heavy atom. The molecule has 3 nitrogen and oxygen atoms in total. The lowest BCUT2D eigenvalue weighted by molar-refractivity contribution is 0.316. The fourth-order valence-corrected chi connectivity index (χ4v) is 2.59. The molecule has 3 rings (SSSR count). The van der Waals surface area contributed by atoms with E-state index < -0.39 is 0 Å². The Labute approximate surface area is 133 Å². The maximum Gasteiger partial charge on any atom is 0.123 e. The van der Waals surface area contributed by atoms with Gasteiger partial charge in [-0.1, -0.05) is 22.0 Å². The van der Waals surface area contributed by atoms with Crippen LogP contribution >= 0.6 is 15.9 Å². The molecule has 0 aliphatic heterocycles. The van der Waals surface area contributed by atoms with Crippen molar-refractivity contribution in [1.82, 2.24) is 10.3 Å². The van der Waals surface area contributed by atoms with Crippen LogP contribution < -0.4 is 10.1 Å². The van der Waals surface area contributed by atoms with Crippen molar-refractivity contribution in [3.63, 3.8) is 0 Å². The molecule has 0 unspecified atom stereocenters. The fraction of sp³-hybridized carbons (Fsp3) is 0.353. The van der Waals surface area contributed by atoms with Gasteiger partial charge in [0.2, 0.25) is 0 Å². The van der Waals surface area contributed by atoms with Crippen molar-refractivity contribution in [1.29, 1.82) is 0 Å². The fourth-order valence-electron chi connectivity index (χ4n) is 2.18. The van der Waals surface area contributed by atoms with Gasteiger partial charge in [0.05, 0.1) is 6.61 Å². The number of hydrogen-bond donors (Lipinski definition) is 1. The summed E-state index contributed by atoms with van der Waals surface area (Å²) < 4.78 is 7.04. The molecule has 4 heteroatoms. The lowest BCUT2D eigenvalue weighted by atomic mass is 10.2. The maximum atomic E-state index is 5.95. The van der Waals surface area contributed by atoms with Crippen molar-refractivity contribution in [2.75, 3.05) is 6.61 Å². The Morgan fingerprint density at radius 1 is 1.24 bits per heavy atom. The molecule has 2 aromatic rings. The minimum atomic E-state index is 0.648. The summed E-state index contributed by atoms with van der Waals surface area (Å²) in [5.74, 6) is 0.960. The number of halogens is 1. The predicted molar refractivity (Wildman–Crippen MR) is 87.4 cm³/mol. The van der Waals surface area contributed by atoms with Crippen molar-refractivity contribution < 1.29 is 4.74 Å². The highest BCUT2D eigenvalue weighted by molar-refractivity contribution is 9.10. The molecule has 0 radical (unpaired) electrons. The summed E-state index contributed by atoms with van der Waals surface area (Å²) in [5.41, 5.74) is 2.27. The summed E-state index contributed by atoms with van der Waals surface area (Å²) in [6.45, 7) is 1.51. The zero-order valence-corrected chi connectivity index (χ0v) is 13.5. The van der Waals surface area contributed by atoms with Gasteiger partial charge in [0.1, 0.15) is 5.75 Å². The Kier molecular flexibility index (Phi) is 4.88. The van der Waals surface area contributed by atoms with Crippen LogP contribution in [-0.2, 0) is 13.0 Å². The van der Waals surface area contributed by atoms with Crippen molar-refractivity contribution in [3.05, 3.63) is 58.3 Å². The zero-order valence-electron chi connectivity index (χ0n) is 11.9. The third-order valence-electron chi connectivity index (χ3n) is 3.52. The third-order valence-corrected chi connectivity index (χ3v) is 4.02. The Balaban J connectivity index is 1.58. The molecule has 0 spiro atoms. The molecular formula is C17H19BrN2O. The van der Waals surface area contributed by atoms with Gasteiger partial charge < -0.3 is 10.1 Å². The monoisotopic (exact) mass is 346 g/mol. The van der Waals surface area contributed by atoms with E-state index in [0.717, 1.165) is 28.9 Å². The van der Waals surface area contributed by atoms with Gasteiger partial charge in [-0.05, 0) is 43.2 Å². The van der Waals surface area contributed by atoms with Crippen molar-refractivity contribution in [2.24, 2.45) is 0 Å². The van der Waals surface area contributed by atoms with Gasteiger partial charge in [0.15, 0.2) is 0 Å². The average molecular weight is 347 g/mol. The SMILES string of the molecule is Brc1ccc(OCCc2ccccn2)c(CNC2CC2)c1. The van der Waals surface area contributed by atoms with E-state index in [4.69, 9.17) is 4.74 Å². The molecule has 1 aromatic carbocycles. The first-order valence-electron chi connectivity index (χ1n) is 7.36. The van der Waals surface area contributed by atoms with Crippen LogP contribution in [0.25, 0.3) is 0 Å². The number of hydrogen-bond acceptors (Lipinski definition) is 3. The summed E-state index contributed by atoms with van der Waals surface area (Å²) in [4.78, 5) is 4.31. The standard InChI is InChI=1S/C17H19BrN2O/c18-14-4-7-17(13(11-14)12-20-16-5-6-16)21-10-8-15-3-1-2-9-19-15/h1-4,7,9,11,16,20H,5-6,8,10,12H2. The minimum absolute atomic E-state index is 0.648. The van der Waals surface area contributed by atoms with Crippen LogP contribution in [0.5, 0.6) is 5.75 Å². The predicted octanol–water partition coefficient (Wildman–Crippen LogP) is 3.72. The first kappa shape index (κ1) is 14.5. The molecule has 110 valence electrons. The molecule has 1 N–H and O–H groups in total. The molecule has 1 aromatic heterocycles. The first-order valence-corrected chi connectivity index (χ1v) is 8.15. The third kappa shape index (κ3) is 4.55. The molecule has 1 saturated carbocycles. The van der Waals surface area contributed by atoms with Crippen molar-refractivity contribution in [2.45, 2.75) is 31.8 Å². The van der Waals surface area contributed by atoms with Crippen molar-refractivity contribution >= 4 is 15.9 Å². The molecule has 1 heterocycles. The lowest BCUT2D eigenvalue weighted by Gasteiger charge is -2.12. The van der Waals surface area contributed by atoms with Gasteiger partial charge in [-0.2, -0.15) is 0 Å². The van der Waals surface area contributed by atoms with E-state index in [1.807, 2.05) is 36.5 Å². The smallest absolute Gasteiger partial charge is 0.123 e. The van der Waals surface area contributed by atoms with E-state index in [1.54, 1.807) is 0 Å². The summed E-state index contributed by atoms with van der Waals surface area (Å²) in [5, 5.41) is 3.54. The Bertz CT molecular complexity index is 585. The number of nitrogens with one attached hydrogen (secondary N) is 1. The van der Waals surface area contributed by atoms with E-state index in [9.17, 15) is 0 Å². The average Bonchev–Trinajstić information content (AvgIpc) is 3.32. The van der Waals surface area contributed by atoms with Crippen molar-refractivity contribution in [3.8, 4) is 5.75 Å². The summed E-state index contributed by atoms with van der Waals surface area (Å²) >= 11 is 3.53. The largest absolute Gasteiger partial charge is 0.493 e. The van der Waals surface area contributed by atoms with Crippen LogP contribution in [0.2, 0.25) is 0 Å². The summed E-state index contributed by atoms with van der Waals surface area (Å²) in [7, 11) is 0. The van der Waals surface area contributed by atoms with Gasteiger partial charge in [0, 0.05) is 40.9 Å². The topological polar surface area (TPSA) is 34.1 Å². The van der Waals surface area contributed by atoms with E-state index >= 15 is 0 Å². The van der Waals surface area contributed by atoms with E-state index in [2.05, 4.69) is 32.3 Å². The second kappa shape index (κ2) is 7.05. The molecule has 0 bridgehead atoms. The molecule has 0 saturated heterocycles. The van der Waals surface area contributed by atoms with Gasteiger partial charge in [-0.25, -0.2) is 0 Å². The highest BCUT2D eigenvalue weighted by Crippen LogP contribution is 2.25. The zero-order chi connectivity index (χ0) is 14.5. The summed E-state index contributed by atoms with van der Waals surface area (Å²) in [6, 6.07) is 12.9. The number of pyridine rings is 1. The van der Waals surface area contributed by atoms with E-state index in [-0.39, 0.29) is 0 Å². The molecule has 0 atom stereocenters. The van der Waals surface area contributed by atoms with Crippen LogP contribution in [-0.4, -0.2) is 17.6 Å².